The number of esters is 1. The number of rotatable bonds is 8. The number of anilines is 1. The number of carbonyl (C=O) groups is 2. The number of nitrogens with one attached hydrogen (secondary N) is 1. The van der Waals surface area contributed by atoms with Crippen LogP contribution >= 0.6 is 34.7 Å². The molecule has 7 nitrogen and oxygen atoms in total. The van der Waals surface area contributed by atoms with E-state index in [1.165, 1.54) is 30.2 Å². The summed E-state index contributed by atoms with van der Waals surface area (Å²) in [6.45, 7) is 2.72. The maximum Gasteiger partial charge on any atom is 0.341 e. The Morgan fingerprint density at radius 3 is 2.75 bits per heavy atom. The van der Waals surface area contributed by atoms with E-state index >= 15 is 0 Å². The van der Waals surface area contributed by atoms with E-state index in [0.717, 1.165) is 41.1 Å². The number of thioether (sulfide) groups is 1. The number of thiophene rings is 1. The third kappa shape index (κ3) is 4.84. The second-order valence-corrected chi connectivity index (χ2v) is 9.82. The molecule has 0 radical (unpaired) electrons. The van der Waals surface area contributed by atoms with E-state index in [2.05, 4.69) is 15.5 Å². The summed E-state index contributed by atoms with van der Waals surface area (Å²) in [4.78, 5) is 26.1. The standard InChI is InChI=1S/C22H23ClN4O3S2/c1-3-27-17(11-13-7-9-14(23)10-8-13)25-26-22(27)31-12-18(28)24-20-19(21(29)30-2)15-5-4-6-16(15)32-20/h7-10H,3-6,11-12H2,1-2H3,(H,24,28). The van der Waals surface area contributed by atoms with Gasteiger partial charge < -0.3 is 14.6 Å². The Balaban J connectivity index is 1.42. The Kier molecular flexibility index (Phi) is 7.17. The smallest absolute Gasteiger partial charge is 0.341 e. The average Bonchev–Trinajstić information content (AvgIpc) is 3.47. The Morgan fingerprint density at radius 1 is 1.25 bits per heavy atom. The molecule has 4 rings (SSSR count). The molecule has 1 aliphatic carbocycles. The molecule has 32 heavy (non-hydrogen) atoms. The number of hydrogen-bond donors (Lipinski definition) is 1. The SMILES string of the molecule is CCn1c(Cc2ccc(Cl)cc2)nnc1SCC(=O)Nc1sc2c(c1C(=O)OC)CCC2. The summed E-state index contributed by atoms with van der Waals surface area (Å²) in [7, 11) is 1.36. The zero-order chi connectivity index (χ0) is 22.7. The van der Waals surface area contributed by atoms with Gasteiger partial charge in [0.25, 0.3) is 0 Å². The van der Waals surface area contributed by atoms with Crippen LogP contribution in [0.25, 0.3) is 0 Å². The van der Waals surface area contributed by atoms with E-state index in [9.17, 15) is 9.59 Å². The number of nitrogens with zero attached hydrogens (tertiary/aromatic N) is 3. The van der Waals surface area contributed by atoms with Crippen LogP contribution in [0.4, 0.5) is 5.00 Å². The lowest BCUT2D eigenvalue weighted by Gasteiger charge is -2.09. The zero-order valence-electron chi connectivity index (χ0n) is 17.8. The van der Waals surface area contributed by atoms with E-state index in [4.69, 9.17) is 16.3 Å². The minimum atomic E-state index is -0.398. The second kappa shape index (κ2) is 10.1. The molecule has 0 atom stereocenters. The van der Waals surface area contributed by atoms with Crippen LogP contribution in [0.5, 0.6) is 0 Å². The molecule has 0 aliphatic heterocycles. The number of hydrogen-bond acceptors (Lipinski definition) is 7. The second-order valence-electron chi connectivity index (χ2n) is 7.34. The lowest BCUT2D eigenvalue weighted by Crippen LogP contribution is -2.16. The van der Waals surface area contributed by atoms with Gasteiger partial charge in [0.05, 0.1) is 18.4 Å². The molecule has 0 saturated heterocycles. The van der Waals surface area contributed by atoms with Crippen LogP contribution in [0, 0.1) is 0 Å². The zero-order valence-corrected chi connectivity index (χ0v) is 20.2. The molecular formula is C22H23ClN4O3S2. The van der Waals surface area contributed by atoms with E-state index in [0.29, 0.717) is 33.7 Å². The molecule has 0 bridgehead atoms. The van der Waals surface area contributed by atoms with Crippen molar-refractivity contribution in [3.05, 3.63) is 56.7 Å². The predicted molar refractivity (Wildman–Crippen MR) is 127 cm³/mol. The fourth-order valence-corrected chi connectivity index (χ4v) is 6.00. The summed E-state index contributed by atoms with van der Waals surface area (Å²) in [6, 6.07) is 7.64. The maximum absolute atomic E-state index is 12.7. The van der Waals surface area contributed by atoms with E-state index in [-0.39, 0.29) is 11.7 Å². The van der Waals surface area contributed by atoms with Crippen molar-refractivity contribution < 1.29 is 14.3 Å². The highest BCUT2D eigenvalue weighted by Gasteiger charge is 2.28. The first kappa shape index (κ1) is 22.8. The molecule has 1 N–H and O–H groups in total. The number of ether oxygens (including phenoxy) is 1. The first-order valence-corrected chi connectivity index (χ1v) is 12.5. The molecule has 1 aromatic carbocycles. The lowest BCUT2D eigenvalue weighted by atomic mass is 10.1. The molecule has 168 valence electrons. The molecule has 0 fully saturated rings. The van der Waals surface area contributed by atoms with Gasteiger partial charge in [-0.25, -0.2) is 4.79 Å². The molecule has 2 aromatic heterocycles. The van der Waals surface area contributed by atoms with Gasteiger partial charge in [-0.15, -0.1) is 21.5 Å². The van der Waals surface area contributed by atoms with Crippen molar-refractivity contribution in [2.24, 2.45) is 0 Å². The van der Waals surface area contributed by atoms with Crippen LogP contribution in [0.2, 0.25) is 5.02 Å². The van der Waals surface area contributed by atoms with Gasteiger partial charge in [0, 0.05) is 22.9 Å². The van der Waals surface area contributed by atoms with E-state index in [1.54, 1.807) is 0 Å². The fraction of sp³-hybridized carbons (Fsp3) is 0.364. The summed E-state index contributed by atoms with van der Waals surface area (Å²) in [5.41, 5.74) is 2.61. The summed E-state index contributed by atoms with van der Waals surface area (Å²) in [5.74, 6) is 0.415. The highest BCUT2D eigenvalue weighted by molar-refractivity contribution is 7.99. The van der Waals surface area contributed by atoms with Gasteiger partial charge >= 0.3 is 5.97 Å². The molecule has 3 aromatic rings. The van der Waals surface area contributed by atoms with Crippen molar-refractivity contribution in [1.82, 2.24) is 14.8 Å². The molecule has 1 amide bonds. The summed E-state index contributed by atoms with van der Waals surface area (Å²) in [5, 5.41) is 13.5. The van der Waals surface area contributed by atoms with Crippen LogP contribution in [-0.2, 0) is 35.3 Å². The van der Waals surface area contributed by atoms with Crippen molar-refractivity contribution in [3.63, 3.8) is 0 Å². The van der Waals surface area contributed by atoms with Crippen molar-refractivity contribution in [2.45, 2.75) is 44.3 Å². The minimum Gasteiger partial charge on any atom is -0.465 e. The summed E-state index contributed by atoms with van der Waals surface area (Å²) >= 11 is 8.76. The fourth-order valence-electron chi connectivity index (χ4n) is 3.76. The van der Waals surface area contributed by atoms with E-state index < -0.39 is 5.97 Å². The minimum absolute atomic E-state index is 0.169. The Labute approximate surface area is 199 Å². The third-order valence-corrected chi connectivity index (χ3v) is 7.71. The van der Waals surface area contributed by atoms with Crippen LogP contribution in [0.1, 0.15) is 45.5 Å². The Bertz CT molecular complexity index is 1140. The van der Waals surface area contributed by atoms with E-state index in [1.807, 2.05) is 35.8 Å². The lowest BCUT2D eigenvalue weighted by molar-refractivity contribution is -0.113. The van der Waals surface area contributed by atoms with Crippen LogP contribution < -0.4 is 5.32 Å². The van der Waals surface area contributed by atoms with Gasteiger partial charge in [0.2, 0.25) is 5.91 Å². The number of aromatic nitrogens is 3. The highest BCUT2D eigenvalue weighted by atomic mass is 35.5. The van der Waals surface area contributed by atoms with Crippen molar-refractivity contribution >= 4 is 51.6 Å². The molecular weight excluding hydrogens is 468 g/mol. The average molecular weight is 491 g/mol. The first-order chi connectivity index (χ1) is 15.5. The molecule has 0 saturated carbocycles. The molecule has 1 aliphatic rings. The molecule has 2 heterocycles. The van der Waals surface area contributed by atoms with Gasteiger partial charge in [-0.2, -0.15) is 0 Å². The maximum atomic E-state index is 12.7. The van der Waals surface area contributed by atoms with Gasteiger partial charge in [0.1, 0.15) is 10.8 Å². The van der Waals surface area contributed by atoms with Crippen LogP contribution in [-0.4, -0.2) is 39.5 Å². The van der Waals surface area contributed by atoms with Crippen molar-refractivity contribution in [1.29, 1.82) is 0 Å². The monoisotopic (exact) mass is 490 g/mol. The highest BCUT2D eigenvalue weighted by Crippen LogP contribution is 2.39. The van der Waals surface area contributed by atoms with Gasteiger partial charge in [0.15, 0.2) is 5.16 Å². The topological polar surface area (TPSA) is 86.1 Å². The summed E-state index contributed by atoms with van der Waals surface area (Å²) in [6.07, 6.45) is 3.44. The normalized spacial score (nSPS) is 12.6. The number of methoxy groups -OCH3 is 1. The number of aryl methyl sites for hydroxylation is 1. The van der Waals surface area contributed by atoms with Gasteiger partial charge in [-0.05, 0) is 49.4 Å². The number of benzene rings is 1. The third-order valence-electron chi connectivity index (χ3n) is 5.28. The van der Waals surface area contributed by atoms with Crippen LogP contribution in [0.3, 0.4) is 0 Å². The summed E-state index contributed by atoms with van der Waals surface area (Å²) < 4.78 is 6.95. The number of carbonyl (C=O) groups excluding carboxylic acids is 2. The quantitative estimate of drug-likeness (QED) is 0.366. The Hall–Kier alpha value is -2.36. The van der Waals surface area contributed by atoms with Crippen molar-refractivity contribution in [3.8, 4) is 0 Å². The van der Waals surface area contributed by atoms with Crippen LogP contribution in [0.15, 0.2) is 29.4 Å². The molecule has 0 spiro atoms. The number of halogens is 1. The number of amides is 1. The largest absolute Gasteiger partial charge is 0.465 e. The first-order valence-electron chi connectivity index (χ1n) is 10.3. The van der Waals surface area contributed by atoms with Gasteiger partial charge in [-0.1, -0.05) is 35.5 Å². The molecule has 10 heteroatoms. The predicted octanol–water partition coefficient (Wildman–Crippen LogP) is 4.61. The Morgan fingerprint density at radius 2 is 2.03 bits per heavy atom. The van der Waals surface area contributed by atoms with Gasteiger partial charge in [-0.3, -0.25) is 4.79 Å². The van der Waals surface area contributed by atoms with Crippen molar-refractivity contribution in [2.75, 3.05) is 18.2 Å². The molecule has 0 unspecified atom stereocenters. The number of fused-ring (bicyclic) bond motifs is 1.